The molecule has 0 saturated heterocycles. The third-order valence-electron chi connectivity index (χ3n) is 8.87. The molecule has 47 heavy (non-hydrogen) atoms. The molecule has 0 bridgehead atoms. The minimum Gasteiger partial charge on any atom is -0.305 e. The maximum absolute atomic E-state index is 13.7. The van der Waals surface area contributed by atoms with Crippen LogP contribution < -0.4 is 4.40 Å². The standard InChI is InChI=1S/C23H19FNS.C18H24GeN.Ir/c24-18-6-8-23-20(14-18)19-13-17(5-7-22(19)26-23)21-12-16(9-10-25-21)11-15-3-1-2-4-15;1-14(2)11-16-12-18(15-9-7-6-8-10-15)20-13-17(16)19(3,4)5;/h6-10,12-15H,1-4,11H2;6-9,12-14H,11H2,1-5H3;/q2*-1;. The normalized spacial score (nSPS) is 13.5. The molecule has 1 saturated carbocycles. The summed E-state index contributed by atoms with van der Waals surface area (Å²) in [4.78, 5) is 9.27. The van der Waals surface area contributed by atoms with E-state index in [2.05, 4.69) is 84.8 Å². The number of pyridine rings is 2. The molecule has 0 aliphatic heterocycles. The van der Waals surface area contributed by atoms with Crippen LogP contribution in [0.1, 0.15) is 50.7 Å². The number of hydrogen-bond donors (Lipinski definition) is 0. The van der Waals surface area contributed by atoms with E-state index in [0.717, 1.165) is 61.4 Å². The number of aromatic nitrogens is 2. The second-order valence-corrected chi connectivity index (χ2v) is 25.8. The van der Waals surface area contributed by atoms with Crippen LogP contribution in [0.25, 0.3) is 42.7 Å². The van der Waals surface area contributed by atoms with Crippen LogP contribution in [0, 0.1) is 29.8 Å². The summed E-state index contributed by atoms with van der Waals surface area (Å²) < 4.78 is 17.5. The molecule has 7 rings (SSSR count). The third kappa shape index (κ3) is 8.86. The largest absolute Gasteiger partial charge is 0.305 e. The minimum absolute atomic E-state index is 0. The molecule has 1 radical (unpaired) electrons. The third-order valence-corrected chi connectivity index (χ3v) is 14.3. The zero-order chi connectivity index (χ0) is 32.3. The first-order chi connectivity index (χ1) is 22.1. The van der Waals surface area contributed by atoms with Gasteiger partial charge in [-0.2, -0.15) is 11.3 Å². The van der Waals surface area contributed by atoms with Gasteiger partial charge < -0.3 is 4.98 Å². The molecule has 0 unspecified atom stereocenters. The summed E-state index contributed by atoms with van der Waals surface area (Å²) in [6.45, 7) is 4.57. The monoisotopic (exact) mass is 881 g/mol. The van der Waals surface area contributed by atoms with E-state index in [9.17, 15) is 4.39 Å². The number of thiophene rings is 1. The second kappa shape index (κ2) is 15.7. The summed E-state index contributed by atoms with van der Waals surface area (Å²) in [6.07, 6.45) is 11.8. The zero-order valence-electron chi connectivity index (χ0n) is 28.0. The first-order valence-electron chi connectivity index (χ1n) is 16.6. The summed E-state index contributed by atoms with van der Waals surface area (Å²) in [6, 6.07) is 30.5. The molecule has 1 aliphatic carbocycles. The van der Waals surface area contributed by atoms with E-state index >= 15 is 0 Å². The van der Waals surface area contributed by atoms with Crippen molar-refractivity contribution in [1.29, 1.82) is 0 Å². The molecule has 3 heterocycles. The Hall–Kier alpha value is -2.70. The summed E-state index contributed by atoms with van der Waals surface area (Å²) in [7, 11) is 0. The smallest absolute Gasteiger partial charge is 0.123 e. The molecule has 1 aliphatic rings. The Kier molecular flexibility index (Phi) is 11.9. The van der Waals surface area contributed by atoms with Crippen molar-refractivity contribution in [2.75, 3.05) is 0 Å². The van der Waals surface area contributed by atoms with E-state index in [1.807, 2.05) is 36.5 Å². The molecule has 1 fully saturated rings. The Balaban J connectivity index is 0.000000188. The number of hydrogen-bond acceptors (Lipinski definition) is 3. The average Bonchev–Trinajstić information content (AvgIpc) is 3.68. The van der Waals surface area contributed by atoms with Crippen molar-refractivity contribution in [3.8, 4) is 22.5 Å². The maximum atomic E-state index is 13.7. The van der Waals surface area contributed by atoms with Gasteiger partial charge in [0.25, 0.3) is 0 Å². The van der Waals surface area contributed by atoms with Gasteiger partial charge in [0, 0.05) is 31.0 Å². The molecule has 0 spiro atoms. The van der Waals surface area contributed by atoms with Gasteiger partial charge in [-0.05, 0) is 52.4 Å². The van der Waals surface area contributed by atoms with E-state index in [1.165, 1.54) is 42.9 Å². The number of fused-ring (bicyclic) bond motifs is 3. The molecule has 3 aromatic carbocycles. The number of benzene rings is 3. The molecule has 3 aromatic heterocycles. The van der Waals surface area contributed by atoms with Crippen LogP contribution in [0.2, 0.25) is 17.3 Å². The number of rotatable bonds is 7. The Labute approximate surface area is 300 Å². The average molecular weight is 880 g/mol. The predicted octanol–water partition coefficient (Wildman–Crippen LogP) is 11.1. The van der Waals surface area contributed by atoms with Crippen LogP contribution in [-0.2, 0) is 32.9 Å². The van der Waals surface area contributed by atoms with Crippen molar-refractivity contribution in [3.05, 3.63) is 114 Å². The van der Waals surface area contributed by atoms with Crippen molar-refractivity contribution < 1.29 is 24.5 Å². The molecular formula is C41H43FGeIrN2S-2. The van der Waals surface area contributed by atoms with Crippen LogP contribution in [0.4, 0.5) is 4.39 Å². The fraction of sp³-hybridized carbons (Fsp3) is 0.317. The van der Waals surface area contributed by atoms with E-state index in [-0.39, 0.29) is 25.9 Å². The van der Waals surface area contributed by atoms with Gasteiger partial charge in [-0.15, -0.1) is 23.8 Å². The summed E-state index contributed by atoms with van der Waals surface area (Å²) >= 11 is -0.178. The van der Waals surface area contributed by atoms with Crippen molar-refractivity contribution in [2.45, 2.75) is 69.6 Å². The predicted molar refractivity (Wildman–Crippen MR) is 197 cm³/mol. The van der Waals surface area contributed by atoms with E-state index in [1.54, 1.807) is 21.8 Å². The molecule has 2 nitrogen and oxygen atoms in total. The molecule has 6 aromatic rings. The van der Waals surface area contributed by atoms with Gasteiger partial charge in [0.15, 0.2) is 0 Å². The van der Waals surface area contributed by atoms with Crippen molar-refractivity contribution in [2.24, 2.45) is 11.8 Å². The van der Waals surface area contributed by atoms with Crippen LogP contribution in [0.3, 0.4) is 0 Å². The molecule has 6 heteroatoms. The Morgan fingerprint density at radius 3 is 2.36 bits per heavy atom. The fourth-order valence-electron chi connectivity index (χ4n) is 6.62. The van der Waals surface area contributed by atoms with E-state index in [4.69, 9.17) is 4.98 Å². The maximum Gasteiger partial charge on any atom is 0.123 e. The van der Waals surface area contributed by atoms with Crippen LogP contribution in [0.5, 0.6) is 0 Å². The first kappa shape index (κ1) is 35.6. The number of nitrogens with zero attached hydrogens (tertiary/aromatic N) is 2. The molecule has 0 N–H and O–H groups in total. The van der Waals surface area contributed by atoms with Gasteiger partial charge in [0.1, 0.15) is 5.82 Å². The Bertz CT molecular complexity index is 1940. The Morgan fingerprint density at radius 2 is 1.64 bits per heavy atom. The van der Waals surface area contributed by atoms with Gasteiger partial charge in [-0.1, -0.05) is 42.7 Å². The SMILES string of the molecule is CC(C)Cc1cc(-c2[c-]cccc2)nc[c]1[Ge]([CH3])([CH3])[CH3].Fc1ccc2sc3c[c-]c(-c4cc(CC5CCCC5)ccn4)cc3c2c1.[Ir]. The topological polar surface area (TPSA) is 25.8 Å². The minimum atomic E-state index is -1.86. The quantitative estimate of drug-likeness (QED) is 0.118. The van der Waals surface area contributed by atoms with Gasteiger partial charge in [-0.3, -0.25) is 0 Å². The Morgan fingerprint density at radius 1 is 0.872 bits per heavy atom. The van der Waals surface area contributed by atoms with E-state index < -0.39 is 13.3 Å². The van der Waals surface area contributed by atoms with Crippen LogP contribution in [0.15, 0.2) is 85.2 Å². The molecule has 0 amide bonds. The van der Waals surface area contributed by atoms with Crippen LogP contribution >= 0.6 is 11.3 Å². The summed E-state index contributed by atoms with van der Waals surface area (Å²) in [5.74, 6) is 8.62. The molecular weight excluding hydrogens is 836 g/mol. The van der Waals surface area contributed by atoms with Crippen molar-refractivity contribution >= 4 is 49.2 Å². The molecule has 0 atom stereocenters. The zero-order valence-corrected chi connectivity index (χ0v) is 33.3. The van der Waals surface area contributed by atoms with Gasteiger partial charge in [0.2, 0.25) is 0 Å². The van der Waals surface area contributed by atoms with Gasteiger partial charge in [-0.25, -0.2) is 4.39 Å². The number of halogens is 1. The van der Waals surface area contributed by atoms with E-state index in [0.29, 0.717) is 5.92 Å². The molecule has 245 valence electrons. The van der Waals surface area contributed by atoms with Gasteiger partial charge >= 0.3 is 126 Å². The fourth-order valence-corrected chi connectivity index (χ4v) is 11.0. The van der Waals surface area contributed by atoms with Crippen molar-refractivity contribution in [1.82, 2.24) is 9.97 Å². The van der Waals surface area contributed by atoms with Crippen molar-refractivity contribution in [3.63, 3.8) is 0 Å². The van der Waals surface area contributed by atoms with Crippen LogP contribution in [-0.4, -0.2) is 23.2 Å². The van der Waals surface area contributed by atoms with Gasteiger partial charge in [0.05, 0.1) is 0 Å². The summed E-state index contributed by atoms with van der Waals surface area (Å²) in [5, 5.41) is 2.06. The first-order valence-corrected chi connectivity index (χ1v) is 24.8. The second-order valence-electron chi connectivity index (χ2n) is 14.1. The summed E-state index contributed by atoms with van der Waals surface area (Å²) in [5.41, 5.74) is 6.93.